The monoisotopic (exact) mass is 396 g/mol. The summed E-state index contributed by atoms with van der Waals surface area (Å²) in [5.41, 5.74) is -0.524. The van der Waals surface area contributed by atoms with Crippen molar-refractivity contribution in [2.45, 2.75) is 49.7 Å². The number of ether oxygens (including phenoxy) is 1. The van der Waals surface area contributed by atoms with Gasteiger partial charge < -0.3 is 9.29 Å². The first-order valence-corrected chi connectivity index (χ1v) is 9.15. The van der Waals surface area contributed by atoms with Crippen LogP contribution in [0.1, 0.15) is 38.5 Å². The summed E-state index contributed by atoms with van der Waals surface area (Å²) in [6.45, 7) is -0.480. The SMILES string of the molecule is O=C(OCC12CC3CC(CC(C3)C1)C2)C(F)(C(F)(F)F)S(=O)(=O)[O-].[Na+]. The Morgan fingerprint density at radius 3 is 1.76 bits per heavy atom. The second-order valence-electron chi connectivity index (χ2n) is 7.54. The Bertz CT molecular complexity index is 615. The summed E-state index contributed by atoms with van der Waals surface area (Å²) in [4.78, 5) is 11.6. The molecular formula is C14H17F4NaO5S. The van der Waals surface area contributed by atoms with E-state index in [0.717, 1.165) is 19.3 Å². The summed E-state index contributed by atoms with van der Waals surface area (Å²) in [6, 6.07) is 0. The van der Waals surface area contributed by atoms with Gasteiger partial charge in [-0.2, -0.15) is 13.2 Å². The quantitative estimate of drug-likeness (QED) is 0.278. The fourth-order valence-corrected chi connectivity index (χ4v) is 5.68. The summed E-state index contributed by atoms with van der Waals surface area (Å²) in [5, 5.41) is -5.57. The van der Waals surface area contributed by atoms with Crippen molar-refractivity contribution in [3.05, 3.63) is 0 Å². The zero-order chi connectivity index (χ0) is 18.0. The van der Waals surface area contributed by atoms with Crippen molar-refractivity contribution in [2.24, 2.45) is 23.2 Å². The van der Waals surface area contributed by atoms with Crippen LogP contribution in [0, 0.1) is 23.2 Å². The van der Waals surface area contributed by atoms with E-state index in [1.54, 1.807) is 0 Å². The summed E-state index contributed by atoms with van der Waals surface area (Å²) in [6.07, 6.45) is -1.07. The number of hydrogen-bond donors (Lipinski definition) is 0. The summed E-state index contributed by atoms with van der Waals surface area (Å²) < 4.78 is 88.5. The smallest absolute Gasteiger partial charge is 0.745 e. The van der Waals surface area contributed by atoms with Crippen LogP contribution in [-0.2, 0) is 19.6 Å². The number of carbonyl (C=O) groups is 1. The molecule has 4 aliphatic carbocycles. The zero-order valence-corrected chi connectivity index (χ0v) is 16.5. The molecular weight excluding hydrogens is 379 g/mol. The Morgan fingerprint density at radius 1 is 1.04 bits per heavy atom. The minimum atomic E-state index is -6.62. The Balaban J connectivity index is 0.00000225. The topological polar surface area (TPSA) is 83.5 Å². The Labute approximate surface area is 164 Å². The van der Waals surface area contributed by atoms with Crippen LogP contribution in [0.2, 0.25) is 0 Å². The minimum absolute atomic E-state index is 0. The van der Waals surface area contributed by atoms with E-state index in [4.69, 9.17) is 0 Å². The third-order valence-corrected chi connectivity index (χ3v) is 6.73. The maximum atomic E-state index is 13.9. The predicted octanol–water partition coefficient (Wildman–Crippen LogP) is -0.477. The molecule has 0 aromatic heterocycles. The second kappa shape index (κ2) is 6.61. The van der Waals surface area contributed by atoms with Crippen molar-refractivity contribution < 1.29 is 69.6 Å². The molecule has 0 N–H and O–H groups in total. The van der Waals surface area contributed by atoms with E-state index in [-0.39, 0.29) is 29.6 Å². The number of rotatable bonds is 4. The molecule has 0 aromatic carbocycles. The summed E-state index contributed by atoms with van der Waals surface area (Å²) in [5.74, 6) is -1.44. The van der Waals surface area contributed by atoms with Crippen molar-refractivity contribution >= 4 is 16.1 Å². The molecule has 4 aliphatic rings. The second-order valence-corrected chi connectivity index (χ2v) is 9.01. The summed E-state index contributed by atoms with van der Waals surface area (Å²) in [7, 11) is -6.62. The Hall–Kier alpha value is 0.1000. The van der Waals surface area contributed by atoms with Gasteiger partial charge in [0, 0.05) is 5.41 Å². The molecule has 1 unspecified atom stereocenters. The van der Waals surface area contributed by atoms with Crippen molar-refractivity contribution in [2.75, 3.05) is 6.61 Å². The number of hydrogen-bond acceptors (Lipinski definition) is 5. The third-order valence-electron chi connectivity index (χ3n) is 5.65. The van der Waals surface area contributed by atoms with Gasteiger partial charge in [-0.1, -0.05) is 0 Å². The minimum Gasteiger partial charge on any atom is -0.745 e. The van der Waals surface area contributed by atoms with Gasteiger partial charge in [-0.25, -0.2) is 17.6 Å². The van der Waals surface area contributed by atoms with E-state index in [0.29, 0.717) is 37.0 Å². The van der Waals surface area contributed by atoms with Crippen molar-refractivity contribution in [3.8, 4) is 0 Å². The Morgan fingerprint density at radius 2 is 1.44 bits per heavy atom. The maximum Gasteiger partial charge on any atom is 1.00 e. The molecule has 11 heteroatoms. The van der Waals surface area contributed by atoms with Crippen LogP contribution < -0.4 is 29.6 Å². The normalized spacial score (nSPS) is 36.4. The molecule has 4 rings (SSSR count). The van der Waals surface area contributed by atoms with Gasteiger partial charge in [0.05, 0.1) is 6.61 Å². The van der Waals surface area contributed by atoms with Gasteiger partial charge in [0.25, 0.3) is 0 Å². The average Bonchev–Trinajstić information content (AvgIpc) is 2.40. The van der Waals surface area contributed by atoms with Gasteiger partial charge in [0.15, 0.2) is 10.1 Å². The van der Waals surface area contributed by atoms with E-state index in [1.807, 2.05) is 0 Å². The molecule has 1 atom stereocenters. The van der Waals surface area contributed by atoms with E-state index in [1.165, 1.54) is 0 Å². The van der Waals surface area contributed by atoms with Crippen LogP contribution in [0.3, 0.4) is 0 Å². The van der Waals surface area contributed by atoms with Crippen LogP contribution in [0.4, 0.5) is 17.6 Å². The first-order chi connectivity index (χ1) is 10.9. The number of esters is 1. The van der Waals surface area contributed by atoms with E-state index < -0.39 is 39.3 Å². The Kier molecular flexibility index (Phi) is 5.66. The molecule has 5 nitrogen and oxygen atoms in total. The molecule has 0 spiro atoms. The van der Waals surface area contributed by atoms with Crippen molar-refractivity contribution in [1.82, 2.24) is 0 Å². The molecule has 0 heterocycles. The largest absolute Gasteiger partial charge is 1.00 e. The predicted molar refractivity (Wildman–Crippen MR) is 71.2 cm³/mol. The molecule has 4 fully saturated rings. The van der Waals surface area contributed by atoms with Gasteiger partial charge in [0.2, 0.25) is 0 Å². The third kappa shape index (κ3) is 3.61. The van der Waals surface area contributed by atoms with E-state index in [9.17, 15) is 35.3 Å². The first-order valence-electron chi connectivity index (χ1n) is 7.75. The van der Waals surface area contributed by atoms with Gasteiger partial charge in [-0.05, 0) is 56.3 Å². The number of halogens is 4. The van der Waals surface area contributed by atoms with Gasteiger partial charge >= 0.3 is 46.7 Å². The standard InChI is InChI=1S/C14H18F4O5S.Na/c15-13(14(16,17)18,24(20,21)22)11(19)23-7-12-4-8-1-9(5-12)3-10(2-8)6-12;/h8-10H,1-7H2,(H,20,21,22);/q;+1/p-1. The van der Waals surface area contributed by atoms with Gasteiger partial charge in [-0.3, -0.25) is 0 Å². The van der Waals surface area contributed by atoms with Crippen molar-refractivity contribution in [1.29, 1.82) is 0 Å². The average molecular weight is 396 g/mol. The zero-order valence-electron chi connectivity index (χ0n) is 13.6. The fourth-order valence-electron chi connectivity index (χ4n) is 5.14. The van der Waals surface area contributed by atoms with Crippen LogP contribution in [-0.4, -0.2) is 36.7 Å². The van der Waals surface area contributed by atoms with Gasteiger partial charge in [0.1, 0.15) is 0 Å². The molecule has 0 radical (unpaired) electrons. The van der Waals surface area contributed by atoms with E-state index in [2.05, 4.69) is 4.74 Å². The molecule has 4 saturated carbocycles. The molecule has 0 saturated heterocycles. The molecule has 0 amide bonds. The molecule has 0 aromatic rings. The van der Waals surface area contributed by atoms with Gasteiger partial charge in [-0.15, -0.1) is 0 Å². The first kappa shape index (κ1) is 21.4. The summed E-state index contributed by atoms with van der Waals surface area (Å²) >= 11 is 0. The van der Waals surface area contributed by atoms with Crippen LogP contribution in [0.25, 0.3) is 0 Å². The number of alkyl halides is 4. The fraction of sp³-hybridized carbons (Fsp3) is 0.929. The number of carbonyl (C=O) groups excluding carboxylic acids is 1. The molecule has 0 aliphatic heterocycles. The van der Waals surface area contributed by atoms with Crippen LogP contribution in [0.15, 0.2) is 0 Å². The molecule has 25 heavy (non-hydrogen) atoms. The van der Waals surface area contributed by atoms with Crippen LogP contribution in [0.5, 0.6) is 0 Å². The van der Waals surface area contributed by atoms with E-state index >= 15 is 0 Å². The maximum absolute atomic E-state index is 13.9. The molecule has 4 bridgehead atoms. The van der Waals surface area contributed by atoms with Crippen molar-refractivity contribution in [3.63, 3.8) is 0 Å². The molecule has 138 valence electrons. The van der Waals surface area contributed by atoms with Crippen LogP contribution >= 0.6 is 0 Å².